The van der Waals surface area contributed by atoms with Gasteiger partial charge in [0.05, 0.1) is 6.61 Å². The first-order valence-electron chi connectivity index (χ1n) is 11.2. The molecule has 0 bridgehead atoms. The fourth-order valence-corrected chi connectivity index (χ4v) is 5.06. The first-order chi connectivity index (χ1) is 15.1. The number of benzene rings is 2. The Hall–Kier alpha value is -2.02. The Balaban J connectivity index is 0.000000305. The molecule has 1 unspecified atom stereocenters. The second-order valence-corrected chi connectivity index (χ2v) is 11.1. The third-order valence-electron chi connectivity index (χ3n) is 6.07. The van der Waals surface area contributed by atoms with Crippen LogP contribution in [0.4, 0.5) is 10.1 Å². The maximum absolute atomic E-state index is 12.0. The lowest BCUT2D eigenvalue weighted by Crippen LogP contribution is -2.42. The first kappa shape index (κ1) is 24.6. The molecule has 2 aliphatic rings. The Kier molecular flexibility index (Phi) is 7.91. The Morgan fingerprint density at radius 1 is 1.12 bits per heavy atom. The Labute approximate surface area is 196 Å². The lowest BCUT2D eigenvalue weighted by Gasteiger charge is -2.40. The maximum Gasteiger partial charge on any atom is 0.123 e. The summed E-state index contributed by atoms with van der Waals surface area (Å²) in [5.41, 5.74) is 10.1. The van der Waals surface area contributed by atoms with E-state index in [1.165, 1.54) is 46.1 Å². The predicted octanol–water partition coefficient (Wildman–Crippen LogP) is 5.70. The summed E-state index contributed by atoms with van der Waals surface area (Å²) in [6.45, 7) is 11.2. The fraction of sp³-hybridized carbons (Fsp3) is 0.462. The molecule has 1 fully saturated rings. The molecule has 4 N–H and O–H groups in total. The van der Waals surface area contributed by atoms with E-state index in [2.05, 4.69) is 61.6 Å². The van der Waals surface area contributed by atoms with Crippen LogP contribution in [0.3, 0.4) is 0 Å². The van der Waals surface area contributed by atoms with E-state index in [1.54, 1.807) is 0 Å². The molecule has 32 heavy (non-hydrogen) atoms. The zero-order valence-electron chi connectivity index (χ0n) is 19.6. The molecule has 0 radical (unpaired) electrons. The van der Waals surface area contributed by atoms with Crippen molar-refractivity contribution in [3.8, 4) is 0 Å². The molecule has 2 aliphatic heterocycles. The summed E-state index contributed by atoms with van der Waals surface area (Å²) >= 11 is 1.84. The predicted molar refractivity (Wildman–Crippen MR) is 133 cm³/mol. The average molecular weight is 458 g/mol. The van der Waals surface area contributed by atoms with Crippen LogP contribution in [0.2, 0.25) is 0 Å². The quantitative estimate of drug-likeness (QED) is 0.397. The Morgan fingerprint density at radius 3 is 2.25 bits per heavy atom. The number of allylic oxidation sites excluding steroid dienone is 2. The van der Waals surface area contributed by atoms with Crippen LogP contribution in [-0.4, -0.2) is 29.1 Å². The van der Waals surface area contributed by atoms with Crippen molar-refractivity contribution in [2.75, 3.05) is 25.4 Å². The minimum atomic E-state index is -0.251. The average Bonchev–Trinajstić information content (AvgIpc) is 3.44. The molecule has 0 aliphatic carbocycles. The van der Waals surface area contributed by atoms with Gasteiger partial charge in [-0.1, -0.05) is 32.9 Å². The second-order valence-electron chi connectivity index (χ2n) is 9.95. The highest BCUT2D eigenvalue weighted by Gasteiger charge is 2.38. The van der Waals surface area contributed by atoms with E-state index in [-0.39, 0.29) is 23.3 Å². The van der Waals surface area contributed by atoms with Gasteiger partial charge in [-0.15, -0.1) is 0 Å². The summed E-state index contributed by atoms with van der Waals surface area (Å²) in [7, 11) is 0. The molecule has 0 saturated carbocycles. The molecular weight excluding hydrogens is 421 g/mol. The summed E-state index contributed by atoms with van der Waals surface area (Å²) in [6.07, 6.45) is 3.25. The SMILES string of the molecule is CC1=C(CC2(CO)CCCN(Sc3ccc(C(C)(C)C)cc3)C2)N1.Nc1ccc(F)cc1. The van der Waals surface area contributed by atoms with E-state index >= 15 is 0 Å². The Bertz CT molecular complexity index is 901. The molecule has 174 valence electrons. The topological polar surface area (TPSA) is 71.4 Å². The highest BCUT2D eigenvalue weighted by Crippen LogP contribution is 2.41. The molecule has 0 amide bonds. The van der Waals surface area contributed by atoms with Gasteiger partial charge in [-0.25, -0.2) is 8.70 Å². The van der Waals surface area contributed by atoms with Gasteiger partial charge >= 0.3 is 0 Å². The van der Waals surface area contributed by atoms with Crippen molar-refractivity contribution < 1.29 is 9.50 Å². The van der Waals surface area contributed by atoms with E-state index in [0.29, 0.717) is 5.69 Å². The van der Waals surface area contributed by atoms with Gasteiger partial charge in [-0.3, -0.25) is 0 Å². The van der Waals surface area contributed by atoms with Crippen LogP contribution in [0.1, 0.15) is 52.5 Å². The smallest absolute Gasteiger partial charge is 0.123 e. The molecule has 1 saturated heterocycles. The third kappa shape index (κ3) is 6.99. The van der Waals surface area contributed by atoms with Crippen molar-refractivity contribution in [2.24, 2.45) is 5.41 Å². The number of nitrogens with two attached hydrogens (primary N) is 1. The van der Waals surface area contributed by atoms with E-state index < -0.39 is 0 Å². The number of aliphatic hydroxyl groups is 1. The monoisotopic (exact) mass is 457 g/mol. The van der Waals surface area contributed by atoms with Crippen LogP contribution in [0.15, 0.2) is 64.8 Å². The molecule has 0 aromatic heterocycles. The lowest BCUT2D eigenvalue weighted by molar-refractivity contribution is 0.0686. The number of hydrogen-bond donors (Lipinski definition) is 3. The van der Waals surface area contributed by atoms with Crippen LogP contribution in [0.25, 0.3) is 0 Å². The minimum Gasteiger partial charge on any atom is -0.399 e. The number of nitrogen functional groups attached to an aromatic ring is 1. The molecule has 2 aromatic rings. The fourth-order valence-electron chi connectivity index (χ4n) is 3.94. The molecule has 4 rings (SSSR count). The lowest BCUT2D eigenvalue weighted by atomic mass is 9.78. The van der Waals surface area contributed by atoms with E-state index in [0.717, 1.165) is 32.4 Å². The molecule has 6 heteroatoms. The zero-order chi connectivity index (χ0) is 23.4. The number of hydrogen-bond acceptors (Lipinski definition) is 5. The number of rotatable bonds is 5. The first-order valence-corrected chi connectivity index (χ1v) is 12.0. The summed E-state index contributed by atoms with van der Waals surface area (Å²) < 4.78 is 14.5. The van der Waals surface area contributed by atoms with Crippen LogP contribution < -0.4 is 11.1 Å². The van der Waals surface area contributed by atoms with Gasteiger partial charge in [0.1, 0.15) is 5.82 Å². The summed E-state index contributed by atoms with van der Waals surface area (Å²) in [5.74, 6) is -0.251. The molecule has 1 atom stereocenters. The third-order valence-corrected chi connectivity index (χ3v) is 7.12. The summed E-state index contributed by atoms with van der Waals surface area (Å²) in [6, 6.07) is 14.7. The van der Waals surface area contributed by atoms with Crippen LogP contribution in [0, 0.1) is 11.2 Å². The van der Waals surface area contributed by atoms with Crippen molar-refractivity contribution in [1.82, 2.24) is 9.62 Å². The molecule has 2 heterocycles. The second kappa shape index (κ2) is 10.3. The van der Waals surface area contributed by atoms with Crippen molar-refractivity contribution in [3.63, 3.8) is 0 Å². The number of aliphatic hydroxyl groups excluding tert-OH is 1. The number of nitrogens with zero attached hydrogens (tertiary/aromatic N) is 1. The highest BCUT2D eigenvalue weighted by atomic mass is 32.2. The van der Waals surface area contributed by atoms with Gasteiger partial charge < -0.3 is 16.2 Å². The van der Waals surface area contributed by atoms with E-state index in [4.69, 9.17) is 5.73 Å². The maximum atomic E-state index is 12.0. The summed E-state index contributed by atoms with van der Waals surface area (Å²) in [4.78, 5) is 1.29. The normalized spacial score (nSPS) is 20.9. The molecule has 0 spiro atoms. The van der Waals surface area contributed by atoms with Gasteiger partial charge in [0, 0.05) is 40.5 Å². The van der Waals surface area contributed by atoms with Crippen LogP contribution in [-0.2, 0) is 5.41 Å². The molecule has 4 nitrogen and oxygen atoms in total. The van der Waals surface area contributed by atoms with Crippen molar-refractivity contribution in [1.29, 1.82) is 0 Å². The van der Waals surface area contributed by atoms with Gasteiger partial charge in [0.15, 0.2) is 0 Å². The Morgan fingerprint density at radius 2 is 1.75 bits per heavy atom. The van der Waals surface area contributed by atoms with Gasteiger partial charge in [0.2, 0.25) is 0 Å². The number of halogens is 1. The standard InChI is InChI=1S/C20H30N2OS.C6H6FN/c1-15-18(21-15)12-20(14-23)10-5-11-22(13-20)24-17-8-6-16(7-9-17)19(2,3)4;7-5-1-3-6(8)4-2-5/h6-9,21,23H,5,10-14H2,1-4H3;1-4H,8H2. The molecular formula is C26H36FN3OS. The number of piperidine rings is 1. The number of nitrogens with one attached hydrogen (secondary N) is 1. The van der Waals surface area contributed by atoms with E-state index in [1.807, 2.05) is 11.9 Å². The van der Waals surface area contributed by atoms with E-state index in [9.17, 15) is 9.50 Å². The van der Waals surface area contributed by atoms with Gasteiger partial charge in [0.25, 0.3) is 0 Å². The largest absolute Gasteiger partial charge is 0.399 e. The van der Waals surface area contributed by atoms with Crippen molar-refractivity contribution in [2.45, 2.75) is 57.3 Å². The van der Waals surface area contributed by atoms with Gasteiger partial charge in [-0.2, -0.15) is 0 Å². The van der Waals surface area contributed by atoms with Gasteiger partial charge in [-0.05, 0) is 85.5 Å². The van der Waals surface area contributed by atoms with Crippen molar-refractivity contribution in [3.05, 3.63) is 71.3 Å². The zero-order valence-corrected chi connectivity index (χ0v) is 20.4. The summed E-state index contributed by atoms with van der Waals surface area (Å²) in [5, 5.41) is 13.3. The number of anilines is 1. The van der Waals surface area contributed by atoms with Crippen LogP contribution in [0.5, 0.6) is 0 Å². The highest BCUT2D eigenvalue weighted by molar-refractivity contribution is 7.97. The minimum absolute atomic E-state index is 0.0106. The van der Waals surface area contributed by atoms with Crippen LogP contribution >= 0.6 is 11.9 Å². The van der Waals surface area contributed by atoms with Crippen molar-refractivity contribution >= 4 is 17.6 Å². The molecule has 2 aromatic carbocycles.